The summed E-state index contributed by atoms with van der Waals surface area (Å²) in [6, 6.07) is 16.2. The fourth-order valence-corrected chi connectivity index (χ4v) is 6.64. The smallest absolute Gasteiger partial charge is 0.308 e. The highest BCUT2D eigenvalue weighted by molar-refractivity contribution is 7.10. The zero-order chi connectivity index (χ0) is 31.4. The molecule has 0 radical (unpaired) electrons. The summed E-state index contributed by atoms with van der Waals surface area (Å²) in [5, 5.41) is 31.3. The van der Waals surface area contributed by atoms with Gasteiger partial charge in [-0.2, -0.15) is 5.26 Å². The van der Waals surface area contributed by atoms with Gasteiger partial charge < -0.3 is 26.8 Å². The number of H-pyrrole nitrogens is 2. The third-order valence-electron chi connectivity index (χ3n) is 7.52. The van der Waals surface area contributed by atoms with E-state index >= 15 is 4.39 Å². The first-order valence-corrected chi connectivity index (χ1v) is 14.8. The second-order valence-corrected chi connectivity index (χ2v) is 11.5. The Morgan fingerprint density at radius 2 is 1.91 bits per heavy atom. The Balaban J connectivity index is 0.00000461. The summed E-state index contributed by atoms with van der Waals surface area (Å²) in [5.74, 6) is -2.12. The van der Waals surface area contributed by atoms with Crippen LogP contribution in [-0.4, -0.2) is 26.3 Å². The van der Waals surface area contributed by atoms with Crippen molar-refractivity contribution in [2.24, 2.45) is 0 Å². The van der Waals surface area contributed by atoms with Gasteiger partial charge in [0.25, 0.3) is 6.33 Å². The number of carbonyl (C=O) groups is 1. The van der Waals surface area contributed by atoms with Crippen molar-refractivity contribution in [1.82, 2.24) is 15.2 Å². The van der Waals surface area contributed by atoms with Crippen LogP contribution in [-0.2, 0) is 16.8 Å². The van der Waals surface area contributed by atoms with Gasteiger partial charge in [-0.25, -0.2) is 18.7 Å². The number of nitriles is 1. The number of hydrogen-bond donors (Lipinski definition) is 2. The Bertz CT molecular complexity index is 1830. The molecule has 12 heteroatoms. The minimum absolute atomic E-state index is 0. The number of benzene rings is 3. The Morgan fingerprint density at radius 1 is 1.18 bits per heavy atom. The molecule has 0 bridgehead atoms. The van der Waals surface area contributed by atoms with Crippen molar-refractivity contribution in [1.29, 1.82) is 5.26 Å². The van der Waals surface area contributed by atoms with E-state index in [0.717, 1.165) is 28.8 Å². The van der Waals surface area contributed by atoms with Crippen LogP contribution in [0.4, 0.5) is 8.78 Å². The predicted octanol–water partition coefficient (Wildman–Crippen LogP) is 3.09. The van der Waals surface area contributed by atoms with Crippen LogP contribution in [0.1, 0.15) is 64.3 Å². The molecule has 2 heterocycles. The first kappa shape index (κ1) is 33.6. The maximum atomic E-state index is 15.5. The summed E-state index contributed by atoms with van der Waals surface area (Å²) in [4.78, 5) is 19.3. The molecule has 0 saturated carbocycles. The molecule has 8 nitrogen and oxygen atoms in total. The van der Waals surface area contributed by atoms with Crippen LogP contribution in [0.2, 0.25) is 0 Å². The van der Waals surface area contributed by atoms with Crippen molar-refractivity contribution in [3.05, 3.63) is 117 Å². The van der Waals surface area contributed by atoms with Gasteiger partial charge in [-0.1, -0.05) is 36.4 Å². The molecule has 45 heavy (non-hydrogen) atoms. The molecule has 2 atom stereocenters. The van der Waals surface area contributed by atoms with Gasteiger partial charge in [0.15, 0.2) is 0 Å². The molecule has 0 fully saturated rings. The van der Waals surface area contributed by atoms with E-state index in [9.17, 15) is 19.6 Å². The minimum atomic E-state index is -1.90. The average molecular weight is 695 g/mol. The molecule has 0 saturated heterocycles. The van der Waals surface area contributed by atoms with E-state index in [2.05, 4.69) is 21.3 Å². The molecule has 0 aliphatic carbocycles. The van der Waals surface area contributed by atoms with Crippen molar-refractivity contribution in [3.63, 3.8) is 0 Å². The molecule has 232 valence electrons. The van der Waals surface area contributed by atoms with E-state index in [1.807, 2.05) is 32.0 Å². The van der Waals surface area contributed by atoms with Gasteiger partial charge in [-0.05, 0) is 61.9 Å². The number of halogens is 3. The van der Waals surface area contributed by atoms with Gasteiger partial charge in [-0.15, -0.1) is 16.4 Å². The van der Waals surface area contributed by atoms with Crippen LogP contribution in [0.25, 0.3) is 11.3 Å². The Kier molecular flexibility index (Phi) is 10.6. The second kappa shape index (κ2) is 14.2. The first-order valence-electron chi connectivity index (χ1n) is 13.9. The second-order valence-electron chi connectivity index (χ2n) is 10.6. The van der Waals surface area contributed by atoms with Crippen LogP contribution >= 0.6 is 11.3 Å². The van der Waals surface area contributed by atoms with Crippen LogP contribution in [0.3, 0.4) is 0 Å². The predicted molar refractivity (Wildman–Crippen MR) is 160 cm³/mol. The highest BCUT2D eigenvalue weighted by Crippen LogP contribution is 2.46. The van der Waals surface area contributed by atoms with Crippen LogP contribution in [0.5, 0.6) is 5.75 Å². The third-order valence-corrected chi connectivity index (χ3v) is 8.42. The number of rotatable bonds is 10. The molecule has 0 amide bonds. The van der Waals surface area contributed by atoms with E-state index in [1.165, 1.54) is 30.7 Å². The molecule has 2 aromatic heterocycles. The molecule has 1 unspecified atom stereocenters. The average Bonchev–Trinajstić information content (AvgIpc) is 3.68. The number of esters is 1. The van der Waals surface area contributed by atoms with E-state index in [1.54, 1.807) is 23.6 Å². The molecule has 3 N–H and O–H groups in total. The van der Waals surface area contributed by atoms with Crippen molar-refractivity contribution in [2.75, 3.05) is 0 Å². The summed E-state index contributed by atoms with van der Waals surface area (Å²) >= 11 is 1.25. The number of aliphatic hydroxyl groups is 1. The lowest BCUT2D eigenvalue weighted by molar-refractivity contribution is -0.395. The largest absolute Gasteiger partial charge is 1.00 e. The molecule has 0 aliphatic rings. The summed E-state index contributed by atoms with van der Waals surface area (Å²) < 4.78 is 34.9. The number of carbonyl (C=O) groups excluding carboxylic acids is 1. The van der Waals surface area contributed by atoms with Gasteiger partial charge in [0.1, 0.15) is 33.9 Å². The number of aryl methyl sites for hydroxylation is 3. The maximum Gasteiger partial charge on any atom is 0.308 e. The summed E-state index contributed by atoms with van der Waals surface area (Å²) in [7, 11) is 0. The third kappa shape index (κ3) is 7.17. The maximum absolute atomic E-state index is 15.5. The number of thiazole rings is 1. The zero-order valence-corrected chi connectivity index (χ0v) is 27.1. The van der Waals surface area contributed by atoms with Gasteiger partial charge in [0, 0.05) is 34.6 Å². The first-order chi connectivity index (χ1) is 21.1. The van der Waals surface area contributed by atoms with Crippen molar-refractivity contribution in [3.8, 4) is 23.1 Å². The van der Waals surface area contributed by atoms with E-state index in [4.69, 9.17) is 9.72 Å². The Hall–Kier alpha value is -4.31. The number of hydrogen-bond acceptors (Lipinski definition) is 7. The van der Waals surface area contributed by atoms with Crippen molar-refractivity contribution >= 4 is 17.3 Å². The fraction of sp³-hybridized carbons (Fsp3) is 0.242. The zero-order valence-electron chi connectivity index (χ0n) is 24.7. The molecular weight excluding hydrogens is 664 g/mol. The van der Waals surface area contributed by atoms with E-state index in [0.29, 0.717) is 46.2 Å². The summed E-state index contributed by atoms with van der Waals surface area (Å²) in [6.45, 7) is 5.06. The molecule has 0 spiro atoms. The van der Waals surface area contributed by atoms with Gasteiger partial charge >= 0.3 is 5.97 Å². The molecule has 5 aromatic rings. The lowest BCUT2D eigenvalue weighted by atomic mass is 9.76. The quantitative estimate of drug-likeness (QED) is 0.171. The summed E-state index contributed by atoms with van der Waals surface area (Å²) in [6.07, 6.45) is 2.42. The highest BCUT2D eigenvalue weighted by atomic mass is 79.9. The molecule has 3 aromatic carbocycles. The van der Waals surface area contributed by atoms with Gasteiger partial charge in [0.2, 0.25) is 5.82 Å². The number of aromatic nitrogens is 4. The van der Waals surface area contributed by atoms with Crippen LogP contribution < -0.4 is 26.7 Å². The van der Waals surface area contributed by atoms with Crippen LogP contribution in [0, 0.1) is 36.8 Å². The normalized spacial score (nSPS) is 12.9. The number of nitrogens with zero attached hydrogens (tertiary/aromatic N) is 3. The Labute approximate surface area is 273 Å². The lowest BCUT2D eigenvalue weighted by Crippen LogP contribution is -3.00. The fourth-order valence-electron chi connectivity index (χ4n) is 5.62. The summed E-state index contributed by atoms with van der Waals surface area (Å²) in [5.41, 5.74) is 2.18. The number of ether oxygens (including phenoxy) is 1. The lowest BCUT2D eigenvalue weighted by Gasteiger charge is -2.34. The van der Waals surface area contributed by atoms with E-state index in [-0.39, 0.29) is 29.0 Å². The minimum Gasteiger partial charge on any atom is -1.00 e. The van der Waals surface area contributed by atoms with Gasteiger partial charge in [-0.3, -0.25) is 4.79 Å². The number of aromatic amines is 2. The molecule has 5 rings (SSSR count). The van der Waals surface area contributed by atoms with Crippen molar-refractivity contribution in [2.45, 2.75) is 51.6 Å². The van der Waals surface area contributed by atoms with Gasteiger partial charge in [0.05, 0.1) is 17.3 Å². The monoisotopic (exact) mass is 693 g/mol. The number of nitrogens with one attached hydrogen (secondary N) is 2. The SMILES string of the molecule is CC(=O)Oc1c(C)cc(CCC[C@](O)(c2ccc(F)cc2F)C(c2[nH]nc[nH+]2)c2nc(-c3ccccc3C#N)cs2)cc1C.[Br-]. The molecular formula is C33H30BrF2N5O3S. The molecule has 0 aliphatic heterocycles. The van der Waals surface area contributed by atoms with E-state index < -0.39 is 29.1 Å². The standard InChI is InChI=1S/C33H29F2N5O3S.BrH/c1-19-13-22(14-20(2)30(19)43-21(3)41)7-6-12-33(42,26-11-10-24(34)15-27(26)35)29(31-37-18-38-40-31)32-39-28(17-44-32)25-9-5-4-8-23(25)16-36;/h4-5,8-11,13-15,17-18,29,42H,6-7,12H2,1-3H3,(H,37,38,40);1H/t29?,33-;/m0./s1. The Morgan fingerprint density at radius 3 is 2.56 bits per heavy atom. The van der Waals surface area contributed by atoms with Crippen LogP contribution in [0.15, 0.2) is 66.3 Å². The van der Waals surface area contributed by atoms with Crippen molar-refractivity contribution < 1.29 is 45.4 Å². The highest BCUT2D eigenvalue weighted by Gasteiger charge is 2.47. The topological polar surface area (TPSA) is 126 Å².